The van der Waals surface area contributed by atoms with E-state index in [2.05, 4.69) is 5.32 Å². The Morgan fingerprint density at radius 3 is 2.55 bits per heavy atom. The second kappa shape index (κ2) is 6.75. The topological polar surface area (TPSA) is 58.6 Å². The molecule has 0 aliphatic heterocycles. The van der Waals surface area contributed by atoms with Crippen LogP contribution >= 0.6 is 0 Å². The van der Waals surface area contributed by atoms with Gasteiger partial charge in [0.25, 0.3) is 0 Å². The predicted octanol–water partition coefficient (Wildman–Crippen LogP) is 1.90. The summed E-state index contributed by atoms with van der Waals surface area (Å²) >= 11 is 0. The Kier molecular flexibility index (Phi) is 5.01. The van der Waals surface area contributed by atoms with E-state index in [1.54, 1.807) is 0 Å². The molecule has 1 aromatic carbocycles. The molecule has 0 saturated heterocycles. The van der Waals surface area contributed by atoms with Crippen molar-refractivity contribution in [1.82, 2.24) is 5.32 Å². The first-order valence-electron chi connectivity index (χ1n) is 7.26. The minimum atomic E-state index is -0.278. The first kappa shape index (κ1) is 14.9. The van der Waals surface area contributed by atoms with Crippen molar-refractivity contribution in [3.63, 3.8) is 0 Å². The SMILES string of the molecule is CC(C)Oc1ccc(CCNC(=O)C2CC(O)C2)cc1. The number of hydrogen-bond acceptors (Lipinski definition) is 3. The van der Waals surface area contributed by atoms with Gasteiger partial charge in [0, 0.05) is 12.5 Å². The van der Waals surface area contributed by atoms with Crippen LogP contribution in [0.15, 0.2) is 24.3 Å². The number of rotatable bonds is 6. The number of hydrogen-bond donors (Lipinski definition) is 2. The molecular weight excluding hydrogens is 254 g/mol. The molecule has 20 heavy (non-hydrogen) atoms. The van der Waals surface area contributed by atoms with Crippen LogP contribution in [0.3, 0.4) is 0 Å². The summed E-state index contributed by atoms with van der Waals surface area (Å²) in [5.74, 6) is 0.943. The third-order valence-corrected chi connectivity index (χ3v) is 3.49. The van der Waals surface area contributed by atoms with Crippen LogP contribution < -0.4 is 10.1 Å². The average molecular weight is 277 g/mol. The monoisotopic (exact) mass is 277 g/mol. The molecule has 2 rings (SSSR count). The number of amides is 1. The molecule has 0 unspecified atom stereocenters. The number of aliphatic hydroxyl groups is 1. The lowest BCUT2D eigenvalue weighted by molar-refractivity contribution is -0.131. The van der Waals surface area contributed by atoms with E-state index in [1.165, 1.54) is 5.56 Å². The van der Waals surface area contributed by atoms with Gasteiger partial charge in [0.2, 0.25) is 5.91 Å². The standard InChI is InChI=1S/C16H23NO3/c1-11(2)20-15-5-3-12(4-6-15)7-8-17-16(19)13-9-14(18)10-13/h3-6,11,13-14,18H,7-10H2,1-2H3,(H,17,19). The van der Waals surface area contributed by atoms with Crippen LogP contribution in [0.5, 0.6) is 5.75 Å². The molecule has 2 N–H and O–H groups in total. The molecule has 0 aromatic heterocycles. The molecule has 1 amide bonds. The zero-order valence-corrected chi connectivity index (χ0v) is 12.1. The summed E-state index contributed by atoms with van der Waals surface area (Å²) in [4.78, 5) is 11.7. The van der Waals surface area contributed by atoms with E-state index in [4.69, 9.17) is 9.84 Å². The second-order valence-electron chi connectivity index (χ2n) is 5.67. The summed E-state index contributed by atoms with van der Waals surface area (Å²) in [6.45, 7) is 4.64. The summed E-state index contributed by atoms with van der Waals surface area (Å²) in [7, 11) is 0. The molecular formula is C16H23NO3. The largest absolute Gasteiger partial charge is 0.491 e. The van der Waals surface area contributed by atoms with E-state index in [-0.39, 0.29) is 24.0 Å². The minimum Gasteiger partial charge on any atom is -0.491 e. The van der Waals surface area contributed by atoms with Gasteiger partial charge in [-0.3, -0.25) is 4.79 Å². The fraction of sp³-hybridized carbons (Fsp3) is 0.562. The molecule has 1 aromatic rings. The summed E-state index contributed by atoms with van der Waals surface area (Å²) in [5, 5.41) is 12.1. The van der Waals surface area contributed by atoms with Crippen LogP contribution in [-0.4, -0.2) is 29.8 Å². The highest BCUT2D eigenvalue weighted by molar-refractivity contribution is 5.79. The zero-order valence-electron chi connectivity index (χ0n) is 12.1. The smallest absolute Gasteiger partial charge is 0.223 e. The van der Waals surface area contributed by atoms with Crippen molar-refractivity contribution >= 4 is 5.91 Å². The van der Waals surface area contributed by atoms with Gasteiger partial charge in [-0.2, -0.15) is 0 Å². The van der Waals surface area contributed by atoms with Gasteiger partial charge in [-0.15, -0.1) is 0 Å². The lowest BCUT2D eigenvalue weighted by atomic mass is 9.82. The van der Waals surface area contributed by atoms with Crippen LogP contribution in [0.1, 0.15) is 32.3 Å². The molecule has 0 radical (unpaired) electrons. The Morgan fingerprint density at radius 2 is 2.00 bits per heavy atom. The molecule has 4 heteroatoms. The lowest BCUT2D eigenvalue weighted by Gasteiger charge is -2.29. The van der Waals surface area contributed by atoms with Crippen molar-refractivity contribution in [2.45, 2.75) is 45.3 Å². The Balaban J connectivity index is 1.70. The van der Waals surface area contributed by atoms with E-state index in [0.717, 1.165) is 12.2 Å². The molecule has 1 saturated carbocycles. The van der Waals surface area contributed by atoms with Crippen molar-refractivity contribution in [2.24, 2.45) is 5.92 Å². The first-order valence-corrected chi connectivity index (χ1v) is 7.26. The summed E-state index contributed by atoms with van der Waals surface area (Å²) in [6, 6.07) is 7.97. The van der Waals surface area contributed by atoms with E-state index >= 15 is 0 Å². The Bertz CT molecular complexity index is 436. The van der Waals surface area contributed by atoms with Gasteiger partial charge in [0.15, 0.2) is 0 Å². The maximum absolute atomic E-state index is 11.7. The van der Waals surface area contributed by atoms with Gasteiger partial charge < -0.3 is 15.2 Å². The van der Waals surface area contributed by atoms with Gasteiger partial charge in [-0.25, -0.2) is 0 Å². The molecule has 0 heterocycles. The summed E-state index contributed by atoms with van der Waals surface area (Å²) in [5.41, 5.74) is 1.18. The molecule has 1 fully saturated rings. The molecule has 4 nitrogen and oxygen atoms in total. The maximum atomic E-state index is 11.7. The van der Waals surface area contributed by atoms with Crippen LogP contribution in [-0.2, 0) is 11.2 Å². The fourth-order valence-corrected chi connectivity index (χ4v) is 2.28. The Morgan fingerprint density at radius 1 is 1.35 bits per heavy atom. The van der Waals surface area contributed by atoms with Gasteiger partial charge in [0.05, 0.1) is 12.2 Å². The highest BCUT2D eigenvalue weighted by Crippen LogP contribution is 2.26. The normalized spacial score (nSPS) is 21.4. The quantitative estimate of drug-likeness (QED) is 0.835. The minimum absolute atomic E-state index is 0.00631. The van der Waals surface area contributed by atoms with Crippen molar-refractivity contribution in [3.8, 4) is 5.75 Å². The van der Waals surface area contributed by atoms with Crippen molar-refractivity contribution in [2.75, 3.05) is 6.54 Å². The molecule has 110 valence electrons. The second-order valence-corrected chi connectivity index (χ2v) is 5.67. The first-order chi connectivity index (χ1) is 9.54. The number of nitrogens with one attached hydrogen (secondary N) is 1. The number of carbonyl (C=O) groups excluding carboxylic acids is 1. The van der Waals surface area contributed by atoms with Gasteiger partial charge in [-0.05, 0) is 50.8 Å². The molecule has 1 aliphatic rings. The number of aliphatic hydroxyl groups excluding tert-OH is 1. The van der Waals surface area contributed by atoms with Crippen LogP contribution in [0.4, 0.5) is 0 Å². The van der Waals surface area contributed by atoms with E-state index in [0.29, 0.717) is 19.4 Å². The Labute approximate surface area is 120 Å². The van der Waals surface area contributed by atoms with Crippen LogP contribution in [0.25, 0.3) is 0 Å². The van der Waals surface area contributed by atoms with Gasteiger partial charge in [0.1, 0.15) is 5.75 Å². The average Bonchev–Trinajstić information content (AvgIpc) is 2.36. The maximum Gasteiger partial charge on any atom is 0.223 e. The van der Waals surface area contributed by atoms with E-state index in [1.807, 2.05) is 38.1 Å². The third kappa shape index (κ3) is 4.23. The van der Waals surface area contributed by atoms with Crippen molar-refractivity contribution in [3.05, 3.63) is 29.8 Å². The third-order valence-electron chi connectivity index (χ3n) is 3.49. The number of benzene rings is 1. The highest BCUT2D eigenvalue weighted by Gasteiger charge is 2.32. The predicted molar refractivity (Wildman–Crippen MR) is 77.7 cm³/mol. The summed E-state index contributed by atoms with van der Waals surface area (Å²) < 4.78 is 5.58. The number of carbonyl (C=O) groups is 1. The Hall–Kier alpha value is -1.55. The molecule has 0 bridgehead atoms. The lowest BCUT2D eigenvalue weighted by Crippen LogP contribution is -2.41. The molecule has 1 aliphatic carbocycles. The zero-order chi connectivity index (χ0) is 14.5. The molecule has 0 atom stereocenters. The van der Waals surface area contributed by atoms with Crippen LogP contribution in [0, 0.1) is 5.92 Å². The van der Waals surface area contributed by atoms with Gasteiger partial charge >= 0.3 is 0 Å². The van der Waals surface area contributed by atoms with Crippen molar-refractivity contribution in [1.29, 1.82) is 0 Å². The van der Waals surface area contributed by atoms with E-state index < -0.39 is 0 Å². The molecule has 0 spiro atoms. The highest BCUT2D eigenvalue weighted by atomic mass is 16.5. The number of ether oxygens (including phenoxy) is 1. The van der Waals surface area contributed by atoms with Crippen LogP contribution in [0.2, 0.25) is 0 Å². The van der Waals surface area contributed by atoms with Crippen molar-refractivity contribution < 1.29 is 14.6 Å². The van der Waals surface area contributed by atoms with E-state index in [9.17, 15) is 4.79 Å². The van der Waals surface area contributed by atoms with Gasteiger partial charge in [-0.1, -0.05) is 12.1 Å². The fourth-order valence-electron chi connectivity index (χ4n) is 2.28. The summed E-state index contributed by atoms with van der Waals surface area (Å²) in [6.07, 6.45) is 1.92.